The molecule has 1 saturated carbocycles. The molecule has 0 spiro atoms. The Balaban J connectivity index is 1.44. The fourth-order valence-corrected chi connectivity index (χ4v) is 6.00. The van der Waals surface area contributed by atoms with Gasteiger partial charge in [0.1, 0.15) is 5.82 Å². The number of benzene rings is 1. The quantitative estimate of drug-likeness (QED) is 0.647. The highest BCUT2D eigenvalue weighted by molar-refractivity contribution is 7.84. The van der Waals surface area contributed by atoms with Gasteiger partial charge >= 0.3 is 0 Å². The molecule has 1 saturated heterocycles. The van der Waals surface area contributed by atoms with Crippen LogP contribution in [0.5, 0.6) is 0 Å². The fraction of sp³-hybridized carbons (Fsp3) is 0.625. The molecule has 1 aliphatic heterocycles. The molecule has 1 aliphatic carbocycles. The third kappa shape index (κ3) is 5.78. The zero-order valence-electron chi connectivity index (χ0n) is 18.8. The molecule has 170 valence electrons. The molecule has 5 nitrogen and oxygen atoms in total. The van der Waals surface area contributed by atoms with Gasteiger partial charge in [0.2, 0.25) is 0 Å². The molecule has 0 radical (unpaired) electrons. The molecule has 0 bridgehead atoms. The molecule has 2 heterocycles. The third-order valence-electron chi connectivity index (χ3n) is 6.92. The van der Waals surface area contributed by atoms with E-state index < -0.39 is 10.8 Å². The van der Waals surface area contributed by atoms with Gasteiger partial charge in [-0.05, 0) is 56.7 Å². The monoisotopic (exact) mass is 463 g/mol. The van der Waals surface area contributed by atoms with Crippen LogP contribution in [0.3, 0.4) is 0 Å². The number of aryl methyl sites for hydroxylation is 2. The van der Waals surface area contributed by atoms with Crippen LogP contribution in [0.15, 0.2) is 30.5 Å². The number of nitrogens with zero attached hydrogens (tertiary/aromatic N) is 3. The summed E-state index contributed by atoms with van der Waals surface area (Å²) in [4.78, 5) is 7.44. The Kier molecular flexibility index (Phi) is 7.52. The molecule has 31 heavy (non-hydrogen) atoms. The smallest absolute Gasteiger partial charge is 0.105 e. The molecule has 1 aromatic heterocycles. The highest BCUT2D eigenvalue weighted by atomic mass is 35.5. The number of imidazole rings is 1. The minimum atomic E-state index is -0.842. The van der Waals surface area contributed by atoms with Gasteiger partial charge in [-0.15, -0.1) is 0 Å². The first-order chi connectivity index (χ1) is 14.9. The van der Waals surface area contributed by atoms with Crippen molar-refractivity contribution in [3.63, 3.8) is 0 Å². The van der Waals surface area contributed by atoms with Crippen molar-refractivity contribution < 1.29 is 8.95 Å². The van der Waals surface area contributed by atoms with E-state index in [1.807, 2.05) is 12.1 Å². The normalized spacial score (nSPS) is 28.5. The largest absolute Gasteiger partial charge is 0.374 e. The Labute approximate surface area is 193 Å². The molecular weight excluding hydrogens is 430 g/mol. The summed E-state index contributed by atoms with van der Waals surface area (Å²) < 4.78 is 20.1. The summed E-state index contributed by atoms with van der Waals surface area (Å²) in [6, 6.07) is 9.07. The Hall–Kier alpha value is -1.21. The summed E-state index contributed by atoms with van der Waals surface area (Å²) in [6.07, 6.45) is 9.70. The number of hydrogen-bond acceptors (Lipinski definition) is 4. The summed E-state index contributed by atoms with van der Waals surface area (Å²) in [6.45, 7) is 3.64. The van der Waals surface area contributed by atoms with Crippen LogP contribution in [-0.4, -0.2) is 62.0 Å². The molecule has 3 unspecified atom stereocenters. The lowest BCUT2D eigenvalue weighted by molar-refractivity contribution is -0.0753. The van der Waals surface area contributed by atoms with Gasteiger partial charge in [-0.3, -0.25) is 9.11 Å². The molecule has 0 amide bonds. The van der Waals surface area contributed by atoms with Crippen molar-refractivity contribution in [3.8, 4) is 0 Å². The van der Waals surface area contributed by atoms with Crippen LogP contribution < -0.4 is 0 Å². The molecule has 2 aromatic rings. The lowest BCUT2D eigenvalue weighted by Crippen LogP contribution is -2.56. The van der Waals surface area contributed by atoms with Crippen molar-refractivity contribution in [1.82, 2.24) is 14.5 Å². The SMILES string of the molecule is Cc1nc(C2CCC(N3CC(CS(C)=O)OCC3Cc3ccc(Cl)cc3)CC2)cn1C. The van der Waals surface area contributed by atoms with Gasteiger partial charge in [0.15, 0.2) is 0 Å². The van der Waals surface area contributed by atoms with Crippen molar-refractivity contribution in [2.24, 2.45) is 7.05 Å². The first-order valence-corrected chi connectivity index (χ1v) is 13.4. The summed E-state index contributed by atoms with van der Waals surface area (Å²) in [5.41, 5.74) is 2.54. The molecular formula is C24H34ClN3O2S. The van der Waals surface area contributed by atoms with Gasteiger partial charge in [0.25, 0.3) is 0 Å². The van der Waals surface area contributed by atoms with Gasteiger partial charge in [0, 0.05) is 59.9 Å². The lowest BCUT2D eigenvalue weighted by Gasteiger charge is -2.46. The van der Waals surface area contributed by atoms with Gasteiger partial charge in [-0.1, -0.05) is 23.7 Å². The zero-order valence-corrected chi connectivity index (χ0v) is 20.4. The van der Waals surface area contributed by atoms with Crippen LogP contribution in [0, 0.1) is 6.92 Å². The van der Waals surface area contributed by atoms with Crippen molar-refractivity contribution in [2.45, 2.75) is 63.1 Å². The maximum Gasteiger partial charge on any atom is 0.105 e. The Morgan fingerprint density at radius 3 is 2.52 bits per heavy atom. The second kappa shape index (κ2) is 10.2. The van der Waals surface area contributed by atoms with Crippen LogP contribution in [0.25, 0.3) is 0 Å². The van der Waals surface area contributed by atoms with Crippen molar-refractivity contribution >= 4 is 22.4 Å². The second-order valence-electron chi connectivity index (χ2n) is 9.21. The van der Waals surface area contributed by atoms with Gasteiger partial charge < -0.3 is 9.30 Å². The van der Waals surface area contributed by atoms with E-state index in [9.17, 15) is 4.21 Å². The molecule has 4 rings (SSSR count). The topological polar surface area (TPSA) is 47.4 Å². The van der Waals surface area contributed by atoms with Crippen LogP contribution >= 0.6 is 11.6 Å². The number of rotatable bonds is 6. The zero-order chi connectivity index (χ0) is 22.0. The van der Waals surface area contributed by atoms with E-state index in [2.05, 4.69) is 41.8 Å². The number of morpholine rings is 1. The van der Waals surface area contributed by atoms with Gasteiger partial charge in [0.05, 0.1) is 24.2 Å². The van der Waals surface area contributed by atoms with Crippen molar-refractivity contribution in [2.75, 3.05) is 25.2 Å². The summed E-state index contributed by atoms with van der Waals surface area (Å²) in [5.74, 6) is 2.27. The number of aromatic nitrogens is 2. The number of halogens is 1. The van der Waals surface area contributed by atoms with E-state index in [4.69, 9.17) is 21.3 Å². The fourth-order valence-electron chi connectivity index (χ4n) is 5.14. The summed E-state index contributed by atoms with van der Waals surface area (Å²) in [7, 11) is 1.23. The minimum absolute atomic E-state index is 0.0588. The van der Waals surface area contributed by atoms with Crippen LogP contribution in [0.1, 0.15) is 48.7 Å². The Bertz CT molecular complexity index is 873. The first-order valence-electron chi connectivity index (χ1n) is 11.3. The summed E-state index contributed by atoms with van der Waals surface area (Å²) >= 11 is 6.08. The van der Waals surface area contributed by atoms with E-state index in [1.54, 1.807) is 6.26 Å². The van der Waals surface area contributed by atoms with E-state index in [0.29, 0.717) is 30.4 Å². The molecule has 1 aromatic carbocycles. The first kappa shape index (κ1) is 23.0. The van der Waals surface area contributed by atoms with Gasteiger partial charge in [-0.2, -0.15) is 0 Å². The average Bonchev–Trinajstić information content (AvgIpc) is 3.09. The van der Waals surface area contributed by atoms with E-state index >= 15 is 0 Å². The minimum Gasteiger partial charge on any atom is -0.374 e. The molecule has 2 fully saturated rings. The third-order valence-corrected chi connectivity index (χ3v) is 8.02. The number of ether oxygens (including phenoxy) is 1. The van der Waals surface area contributed by atoms with Gasteiger partial charge in [-0.25, -0.2) is 4.98 Å². The van der Waals surface area contributed by atoms with E-state index in [1.165, 1.54) is 36.9 Å². The molecule has 3 atom stereocenters. The van der Waals surface area contributed by atoms with Crippen molar-refractivity contribution in [3.05, 3.63) is 52.6 Å². The van der Waals surface area contributed by atoms with Crippen molar-refractivity contribution in [1.29, 1.82) is 0 Å². The van der Waals surface area contributed by atoms with Crippen LogP contribution in [0.2, 0.25) is 5.02 Å². The maximum absolute atomic E-state index is 11.8. The van der Waals surface area contributed by atoms with E-state index in [-0.39, 0.29) is 6.10 Å². The highest BCUT2D eigenvalue weighted by Gasteiger charge is 2.36. The van der Waals surface area contributed by atoms with Crippen LogP contribution in [-0.2, 0) is 29.0 Å². The maximum atomic E-state index is 11.8. The predicted octanol–water partition coefficient (Wildman–Crippen LogP) is 4.10. The number of hydrogen-bond donors (Lipinski definition) is 0. The predicted molar refractivity (Wildman–Crippen MR) is 127 cm³/mol. The second-order valence-corrected chi connectivity index (χ2v) is 11.1. The van der Waals surface area contributed by atoms with E-state index in [0.717, 1.165) is 23.8 Å². The summed E-state index contributed by atoms with van der Waals surface area (Å²) in [5, 5.41) is 0.772. The molecule has 2 aliphatic rings. The lowest BCUT2D eigenvalue weighted by atomic mass is 9.82. The Morgan fingerprint density at radius 1 is 1.19 bits per heavy atom. The standard InChI is InChI=1S/C24H34ClN3O2S/c1-17-26-24(14-27(17)2)19-6-10-21(11-7-19)28-13-23(16-31(3)29)30-15-22(28)12-18-4-8-20(25)9-5-18/h4-5,8-9,14,19,21-23H,6-7,10-13,15-16H2,1-3H3. The average molecular weight is 464 g/mol. The Morgan fingerprint density at radius 2 is 1.90 bits per heavy atom. The molecule has 7 heteroatoms. The molecule has 0 N–H and O–H groups in total. The van der Waals surface area contributed by atoms with Crippen LogP contribution in [0.4, 0.5) is 0 Å². The highest BCUT2D eigenvalue weighted by Crippen LogP contribution is 2.36.